The van der Waals surface area contributed by atoms with Crippen molar-refractivity contribution in [3.8, 4) is 22.8 Å². The molecule has 0 radical (unpaired) electrons. The van der Waals surface area contributed by atoms with Gasteiger partial charge in [0.2, 0.25) is 0 Å². The molecule has 1 N–H and O–H groups in total. The van der Waals surface area contributed by atoms with Gasteiger partial charge < -0.3 is 44.5 Å². The van der Waals surface area contributed by atoms with E-state index in [-0.39, 0.29) is 87.1 Å². The Kier molecular flexibility index (Phi) is 18.4. The molecule has 26 heteroatoms. The van der Waals surface area contributed by atoms with Crippen molar-refractivity contribution >= 4 is 23.9 Å². The third-order valence-corrected chi connectivity index (χ3v) is 7.47. The largest absolute Gasteiger partial charge is 3.00 e. The second-order valence-electron chi connectivity index (χ2n) is 11.5. The Balaban J connectivity index is 0.000000510. The summed E-state index contributed by atoms with van der Waals surface area (Å²) >= 11 is 0. The van der Waals surface area contributed by atoms with Crippen molar-refractivity contribution in [1.29, 1.82) is 0 Å². The van der Waals surface area contributed by atoms with Crippen LogP contribution in [0.5, 0.6) is 0 Å². The summed E-state index contributed by atoms with van der Waals surface area (Å²) in [6, 6.07) is 1.39. The van der Waals surface area contributed by atoms with Crippen LogP contribution in [0.2, 0.25) is 0 Å². The molecule has 13 nitrogen and oxygen atoms in total. The number of nitrogens with one attached hydrogen (secondary N) is 1. The second kappa shape index (κ2) is 20.9. The second-order valence-corrected chi connectivity index (χ2v) is 11.5. The van der Waals surface area contributed by atoms with Crippen molar-refractivity contribution in [2.45, 2.75) is 45.5 Å². The van der Waals surface area contributed by atoms with Crippen molar-refractivity contribution < 1.29 is 136 Å². The predicted molar refractivity (Wildman–Crippen MR) is 165 cm³/mol. The molecule has 0 bridgehead atoms. The zero-order valence-electron chi connectivity index (χ0n) is 30.2. The van der Waals surface area contributed by atoms with Crippen LogP contribution in [0.25, 0.3) is 22.8 Å². The molecule has 0 aromatic carbocycles. The van der Waals surface area contributed by atoms with Gasteiger partial charge in [0.1, 0.15) is 0 Å². The quantitative estimate of drug-likeness (QED) is 0.238. The third kappa shape index (κ3) is 15.2. The number of carboxylic acid groups (broad SMARTS) is 4. The number of aromatic carboxylic acids is 4. The van der Waals surface area contributed by atoms with Gasteiger partial charge in [-0.3, -0.25) is 0 Å². The first-order valence-electron chi connectivity index (χ1n) is 16.0. The first-order valence-corrected chi connectivity index (χ1v) is 16.0. The number of carbonyl (C=O) groups is 4. The summed E-state index contributed by atoms with van der Waals surface area (Å²) in [6.07, 6.45) is -20.2. The van der Waals surface area contributed by atoms with Crippen LogP contribution >= 0.6 is 0 Å². The first kappa shape index (κ1) is 52.9. The molecule has 0 atom stereocenters. The topological polar surface area (TPSA) is 217 Å². The fourth-order valence-electron chi connectivity index (χ4n) is 4.47. The van der Waals surface area contributed by atoms with E-state index in [0.717, 1.165) is 0 Å². The monoisotopic (exact) mass is 1020 g/mol. The molecule has 0 fully saturated rings. The average Bonchev–Trinajstić information content (AvgIpc) is 3.13. The Morgan fingerprint density at radius 2 is 0.583 bits per heavy atom. The molecule has 0 aliphatic rings. The van der Waals surface area contributed by atoms with E-state index in [4.69, 9.17) is 0 Å². The van der Waals surface area contributed by atoms with E-state index < -0.39 is 116 Å². The van der Waals surface area contributed by atoms with E-state index >= 15 is 0 Å². The number of rotatable bonds is 9. The van der Waals surface area contributed by atoms with Gasteiger partial charge in [-0.15, -0.1) is 0 Å². The van der Waals surface area contributed by atoms with Crippen molar-refractivity contribution in [3.05, 3.63) is 93.6 Å². The summed E-state index contributed by atoms with van der Waals surface area (Å²) in [6.45, 7) is 10.5. The number of carbonyl (C=O) groups excluding carboxylic acids is 4. The molecule has 0 saturated heterocycles. The minimum absolute atomic E-state index is 0. The average molecular weight is 1020 g/mol. The predicted octanol–water partition coefficient (Wildman–Crippen LogP) is 1.75. The Bertz CT molecular complexity index is 1890. The maximum Gasteiger partial charge on any atom is 3.00 e. The van der Waals surface area contributed by atoms with Crippen LogP contribution in [0, 0.1) is 38.6 Å². The molecule has 0 aliphatic heterocycles. The van der Waals surface area contributed by atoms with Crippen LogP contribution in [0.3, 0.4) is 0 Å². The molecular weight excluding hydrogens is 993 g/mol. The molecule has 0 aliphatic carbocycles. The van der Waals surface area contributed by atoms with Gasteiger partial charge in [-0.1, -0.05) is 0 Å². The molecule has 0 amide bonds. The smallest absolute Gasteiger partial charge is 0.543 e. The summed E-state index contributed by atoms with van der Waals surface area (Å²) < 4.78 is 154. The number of hydrogen-bond donors (Lipinski definition) is 1. The number of aromatic nitrogens is 4. The molecule has 0 saturated carbocycles. The van der Waals surface area contributed by atoms with Gasteiger partial charge in [0.15, 0.2) is 0 Å². The fraction of sp³-hybridized carbons (Fsp3) is 0.294. The molecule has 4 rings (SSSR count). The number of halogens is 12. The van der Waals surface area contributed by atoms with Crippen LogP contribution in [-0.4, -0.2) is 63.4 Å². The van der Waals surface area contributed by atoms with Crippen LogP contribution in [0.4, 0.5) is 52.7 Å². The molecule has 0 unspecified atom stereocenters. The summed E-state index contributed by atoms with van der Waals surface area (Å²) in [5.41, 5.74) is -14.8. The SMILES string of the molecule is CC[NH+](CC)CC.O=C([O-])c1cc(C(F)(F)F)cc(-c2cc(C(F)(F)F)cc(C(=O)[O-])n2)n1.O=C([O-])c1cc(C(F)(F)F)cc(-c2cc(C(F)(F)F)cc(C(=O)[O-])n2)n1.[Tb+3]. The van der Waals surface area contributed by atoms with Gasteiger partial charge in [0.05, 0.1) is 111 Å². The van der Waals surface area contributed by atoms with Crippen LogP contribution in [0.1, 0.15) is 85.0 Å². The molecule has 4 heterocycles. The van der Waals surface area contributed by atoms with Gasteiger partial charge in [-0.05, 0) is 69.3 Å². The van der Waals surface area contributed by atoms with Crippen molar-refractivity contribution in [1.82, 2.24) is 19.9 Å². The van der Waals surface area contributed by atoms with Crippen molar-refractivity contribution in [2.24, 2.45) is 0 Å². The summed E-state index contributed by atoms with van der Waals surface area (Å²) in [7, 11) is 0. The Labute approximate surface area is 359 Å². The first-order chi connectivity index (χ1) is 26.9. The van der Waals surface area contributed by atoms with Gasteiger partial charge in [-0.25, -0.2) is 19.9 Å². The van der Waals surface area contributed by atoms with E-state index in [0.29, 0.717) is 0 Å². The summed E-state index contributed by atoms with van der Waals surface area (Å²) in [4.78, 5) is 57.9. The van der Waals surface area contributed by atoms with Crippen LogP contribution in [-0.2, 0) is 24.7 Å². The van der Waals surface area contributed by atoms with Gasteiger partial charge in [0, 0.05) is 0 Å². The number of quaternary nitrogens is 1. The van der Waals surface area contributed by atoms with E-state index in [2.05, 4.69) is 40.7 Å². The number of alkyl halides is 12. The van der Waals surface area contributed by atoms with Crippen molar-refractivity contribution in [3.63, 3.8) is 0 Å². The third-order valence-electron chi connectivity index (χ3n) is 7.47. The zero-order valence-corrected chi connectivity index (χ0v) is 32.3. The van der Waals surface area contributed by atoms with E-state index in [9.17, 15) is 92.3 Å². The minimum Gasteiger partial charge on any atom is -0.543 e. The Hall–Kier alpha value is -5.11. The minimum atomic E-state index is -5.05. The van der Waals surface area contributed by atoms with E-state index in [1.54, 1.807) is 4.90 Å². The van der Waals surface area contributed by atoms with Crippen molar-refractivity contribution in [2.75, 3.05) is 19.6 Å². The molecule has 326 valence electrons. The van der Waals surface area contributed by atoms with Gasteiger partial charge in [0.25, 0.3) is 0 Å². The molecule has 60 heavy (non-hydrogen) atoms. The number of pyridine rings is 4. The van der Waals surface area contributed by atoms with Gasteiger partial charge in [-0.2, -0.15) is 52.7 Å². The number of carboxylic acids is 4. The molecular formula is C34H24F12N5O8Tb. The Morgan fingerprint density at radius 3 is 0.683 bits per heavy atom. The van der Waals surface area contributed by atoms with Crippen LogP contribution < -0.4 is 25.3 Å². The summed E-state index contributed by atoms with van der Waals surface area (Å²) in [5, 5.41) is 43.3. The molecule has 4 aromatic heterocycles. The Morgan fingerprint density at radius 1 is 0.417 bits per heavy atom. The summed E-state index contributed by atoms with van der Waals surface area (Å²) in [5.74, 6) is -8.48. The normalized spacial score (nSPS) is 11.7. The van der Waals surface area contributed by atoms with Crippen LogP contribution in [0.15, 0.2) is 48.5 Å². The maximum absolute atomic E-state index is 12.9. The zero-order chi connectivity index (χ0) is 45.4. The maximum atomic E-state index is 12.9. The van der Waals surface area contributed by atoms with Gasteiger partial charge >= 0.3 is 63.3 Å². The fourth-order valence-corrected chi connectivity index (χ4v) is 4.47. The van der Waals surface area contributed by atoms with E-state index in [1.807, 2.05) is 0 Å². The molecule has 0 spiro atoms. The molecule has 4 aromatic rings. The standard InChI is InChI=1S/2C14H6F6N2O4.C6H15N.Tb/c2*15-13(16,17)5-1-7(21-9(3-5)11(23)24)8-2-6(14(18,19)20)4-10(22-8)12(25)26;1-4-7(5-2)6-3;/h2*1-4H,(H,23,24)(H,25,26);4-6H2,1-3H3;/q;;;+3/p-3. The van der Waals surface area contributed by atoms with E-state index in [1.165, 1.54) is 19.6 Å². The number of nitrogens with zero attached hydrogens (tertiary/aromatic N) is 4. The number of hydrogen-bond acceptors (Lipinski definition) is 12.